The Morgan fingerprint density at radius 1 is 1.19 bits per heavy atom. The molecule has 1 aliphatic heterocycles. The van der Waals surface area contributed by atoms with Gasteiger partial charge in [-0.05, 0) is 30.2 Å². The fraction of sp³-hybridized carbons (Fsp3) is 0.350. The molecule has 2 aromatic carbocycles. The summed E-state index contributed by atoms with van der Waals surface area (Å²) in [6, 6.07) is 13.2. The standard InChI is InChI=1S/C20H22ClNO4S/c1-14(20(23)22(2)12-15-6-4-3-5-7-15)27(24)13-16-10-17(21)19-18(11-16)25-8-9-26-19/h3-7,10-11,14H,8-9,12-13H2,1-2H3. The van der Waals surface area contributed by atoms with E-state index in [2.05, 4.69) is 0 Å². The number of halogens is 1. The van der Waals surface area contributed by atoms with E-state index >= 15 is 0 Å². The van der Waals surface area contributed by atoms with Gasteiger partial charge in [0.15, 0.2) is 11.5 Å². The number of benzene rings is 2. The lowest BCUT2D eigenvalue weighted by Crippen LogP contribution is -2.37. The Labute approximate surface area is 166 Å². The molecular formula is C20H22ClNO4S. The average molecular weight is 408 g/mol. The molecule has 3 rings (SSSR count). The lowest BCUT2D eigenvalue weighted by atomic mass is 10.2. The van der Waals surface area contributed by atoms with Crippen LogP contribution in [-0.4, -0.2) is 40.5 Å². The molecule has 27 heavy (non-hydrogen) atoms. The third-order valence-electron chi connectivity index (χ3n) is 4.35. The van der Waals surface area contributed by atoms with Crippen molar-refractivity contribution in [3.63, 3.8) is 0 Å². The molecule has 144 valence electrons. The molecule has 7 heteroatoms. The maximum atomic E-state index is 12.7. The van der Waals surface area contributed by atoms with E-state index < -0.39 is 16.0 Å². The summed E-state index contributed by atoms with van der Waals surface area (Å²) < 4.78 is 23.8. The predicted molar refractivity (Wildman–Crippen MR) is 107 cm³/mol. The molecule has 0 saturated heterocycles. The Morgan fingerprint density at radius 2 is 1.89 bits per heavy atom. The first-order chi connectivity index (χ1) is 13.0. The summed E-state index contributed by atoms with van der Waals surface area (Å²) in [5.41, 5.74) is 1.79. The number of fused-ring (bicyclic) bond motifs is 1. The van der Waals surface area contributed by atoms with Gasteiger partial charge in [-0.3, -0.25) is 9.00 Å². The van der Waals surface area contributed by atoms with Gasteiger partial charge in [-0.2, -0.15) is 0 Å². The third-order valence-corrected chi connectivity index (χ3v) is 6.24. The summed E-state index contributed by atoms with van der Waals surface area (Å²) in [6.45, 7) is 3.09. The van der Waals surface area contributed by atoms with Crippen molar-refractivity contribution in [2.75, 3.05) is 20.3 Å². The maximum absolute atomic E-state index is 12.7. The van der Waals surface area contributed by atoms with E-state index in [4.69, 9.17) is 21.1 Å². The number of hydrogen-bond acceptors (Lipinski definition) is 4. The molecule has 0 N–H and O–H groups in total. The van der Waals surface area contributed by atoms with E-state index in [0.717, 1.165) is 11.1 Å². The van der Waals surface area contributed by atoms with Crippen LogP contribution >= 0.6 is 11.6 Å². The zero-order valence-electron chi connectivity index (χ0n) is 15.3. The molecule has 1 aliphatic rings. The molecule has 0 aromatic heterocycles. The summed E-state index contributed by atoms with van der Waals surface area (Å²) >= 11 is 6.23. The van der Waals surface area contributed by atoms with Crippen LogP contribution in [0.3, 0.4) is 0 Å². The van der Waals surface area contributed by atoms with Gasteiger partial charge in [-0.25, -0.2) is 0 Å². The molecule has 0 fully saturated rings. The van der Waals surface area contributed by atoms with Crippen molar-refractivity contribution < 1.29 is 18.5 Å². The van der Waals surface area contributed by atoms with Gasteiger partial charge in [0.05, 0.1) is 5.02 Å². The van der Waals surface area contributed by atoms with E-state index in [0.29, 0.717) is 36.3 Å². The number of carbonyl (C=O) groups is 1. The minimum Gasteiger partial charge on any atom is -0.486 e. The first kappa shape index (κ1) is 19.7. The van der Waals surface area contributed by atoms with Gasteiger partial charge < -0.3 is 14.4 Å². The molecule has 0 saturated carbocycles. The maximum Gasteiger partial charge on any atom is 0.238 e. The molecule has 0 aliphatic carbocycles. The van der Waals surface area contributed by atoms with Crippen LogP contribution < -0.4 is 9.47 Å². The van der Waals surface area contributed by atoms with Gasteiger partial charge in [-0.1, -0.05) is 41.9 Å². The fourth-order valence-corrected chi connectivity index (χ4v) is 4.33. The van der Waals surface area contributed by atoms with Crippen LogP contribution in [0.2, 0.25) is 5.02 Å². The van der Waals surface area contributed by atoms with Gasteiger partial charge in [0, 0.05) is 30.1 Å². The smallest absolute Gasteiger partial charge is 0.238 e. The van der Waals surface area contributed by atoms with Crippen molar-refractivity contribution in [1.82, 2.24) is 4.90 Å². The molecule has 0 spiro atoms. The summed E-state index contributed by atoms with van der Waals surface area (Å²) in [7, 11) is 0.346. The number of amides is 1. The fourth-order valence-electron chi connectivity index (χ4n) is 2.89. The Bertz CT molecular complexity index is 843. The van der Waals surface area contributed by atoms with Crippen LogP contribution in [0.5, 0.6) is 11.5 Å². The highest BCUT2D eigenvalue weighted by Gasteiger charge is 2.25. The normalized spacial score (nSPS) is 15.1. The first-order valence-electron chi connectivity index (χ1n) is 8.70. The summed E-state index contributed by atoms with van der Waals surface area (Å²) in [5.74, 6) is 1.15. The highest BCUT2D eigenvalue weighted by molar-refractivity contribution is 7.85. The Balaban J connectivity index is 1.65. The minimum absolute atomic E-state index is 0.152. The summed E-state index contributed by atoms with van der Waals surface area (Å²) in [6.07, 6.45) is 0. The van der Waals surface area contributed by atoms with Gasteiger partial charge in [0.1, 0.15) is 18.5 Å². The van der Waals surface area contributed by atoms with Gasteiger partial charge in [-0.15, -0.1) is 0 Å². The number of carbonyl (C=O) groups excluding carboxylic acids is 1. The van der Waals surface area contributed by atoms with Crippen LogP contribution in [0.25, 0.3) is 0 Å². The lowest BCUT2D eigenvalue weighted by Gasteiger charge is -2.22. The number of hydrogen-bond donors (Lipinski definition) is 0. The van der Waals surface area contributed by atoms with Crippen molar-refractivity contribution in [1.29, 1.82) is 0 Å². The third kappa shape index (κ3) is 4.82. The second-order valence-corrected chi connectivity index (χ2v) is 8.61. The van der Waals surface area contributed by atoms with Crippen LogP contribution in [0.1, 0.15) is 18.1 Å². The van der Waals surface area contributed by atoms with E-state index in [9.17, 15) is 9.00 Å². The van der Waals surface area contributed by atoms with E-state index in [-0.39, 0.29) is 11.7 Å². The second-order valence-electron chi connectivity index (χ2n) is 6.45. The van der Waals surface area contributed by atoms with Crippen molar-refractivity contribution >= 4 is 28.3 Å². The Morgan fingerprint density at radius 3 is 2.63 bits per heavy atom. The Hall–Kier alpha value is -2.05. The molecule has 2 unspecified atom stereocenters. The van der Waals surface area contributed by atoms with Crippen LogP contribution in [0.4, 0.5) is 0 Å². The average Bonchev–Trinajstić information content (AvgIpc) is 2.67. The summed E-state index contributed by atoms with van der Waals surface area (Å²) in [4.78, 5) is 14.2. The van der Waals surface area contributed by atoms with E-state index in [1.165, 1.54) is 0 Å². The topological polar surface area (TPSA) is 55.8 Å². The zero-order valence-corrected chi connectivity index (χ0v) is 16.9. The van der Waals surface area contributed by atoms with Gasteiger partial charge >= 0.3 is 0 Å². The molecule has 0 bridgehead atoms. The highest BCUT2D eigenvalue weighted by atomic mass is 35.5. The largest absolute Gasteiger partial charge is 0.486 e. The van der Waals surface area contributed by atoms with Crippen LogP contribution in [0.15, 0.2) is 42.5 Å². The van der Waals surface area contributed by atoms with Crippen molar-refractivity contribution in [3.05, 3.63) is 58.6 Å². The molecule has 0 radical (unpaired) electrons. The van der Waals surface area contributed by atoms with Gasteiger partial charge in [0.25, 0.3) is 0 Å². The molecule has 5 nitrogen and oxygen atoms in total. The second kappa shape index (κ2) is 8.76. The summed E-state index contributed by atoms with van der Waals surface area (Å²) in [5, 5.41) is -0.190. The Kier molecular flexibility index (Phi) is 6.39. The number of nitrogens with zero attached hydrogens (tertiary/aromatic N) is 1. The van der Waals surface area contributed by atoms with E-state index in [1.54, 1.807) is 31.0 Å². The predicted octanol–water partition coefficient (Wildman–Crippen LogP) is 3.41. The van der Waals surface area contributed by atoms with Crippen molar-refractivity contribution in [2.24, 2.45) is 0 Å². The lowest BCUT2D eigenvalue weighted by molar-refractivity contribution is -0.129. The monoisotopic (exact) mass is 407 g/mol. The molecule has 2 atom stereocenters. The van der Waals surface area contributed by atoms with Gasteiger partial charge in [0.2, 0.25) is 5.91 Å². The number of ether oxygens (including phenoxy) is 2. The highest BCUT2D eigenvalue weighted by Crippen LogP contribution is 2.38. The number of rotatable bonds is 6. The van der Waals surface area contributed by atoms with Crippen LogP contribution in [-0.2, 0) is 27.9 Å². The van der Waals surface area contributed by atoms with Crippen molar-refractivity contribution in [2.45, 2.75) is 24.5 Å². The van der Waals surface area contributed by atoms with Crippen LogP contribution in [0, 0.1) is 0 Å². The quantitative estimate of drug-likeness (QED) is 0.736. The molecular weight excluding hydrogens is 386 g/mol. The van der Waals surface area contributed by atoms with Crippen molar-refractivity contribution in [3.8, 4) is 11.5 Å². The molecule has 2 aromatic rings. The molecule has 1 heterocycles. The molecule has 1 amide bonds. The first-order valence-corrected chi connectivity index (χ1v) is 10.5. The zero-order chi connectivity index (χ0) is 19.4. The SMILES string of the molecule is CC(C(=O)N(C)Cc1ccccc1)S(=O)Cc1cc(Cl)c2c(c1)OCCO2. The minimum atomic E-state index is -1.38. The van der Waals surface area contributed by atoms with E-state index in [1.807, 2.05) is 30.3 Å².